The van der Waals surface area contributed by atoms with Gasteiger partial charge in [0.1, 0.15) is 21.6 Å². The summed E-state index contributed by atoms with van der Waals surface area (Å²) in [7, 11) is -3.05. The number of sulfone groups is 1. The third-order valence-corrected chi connectivity index (χ3v) is 8.70. The van der Waals surface area contributed by atoms with E-state index in [0.717, 1.165) is 5.56 Å². The van der Waals surface area contributed by atoms with Gasteiger partial charge in [-0.1, -0.05) is 17.2 Å². The highest BCUT2D eigenvalue weighted by atomic mass is 32.2. The number of hydrogen-bond donors (Lipinski definition) is 3. The number of nitrogens with zero attached hydrogens (tertiary/aromatic N) is 1. The second-order valence-electron chi connectivity index (χ2n) is 10.9. The fourth-order valence-corrected chi connectivity index (χ4v) is 6.66. The third kappa shape index (κ3) is 6.49. The predicted molar refractivity (Wildman–Crippen MR) is 130 cm³/mol. The second-order valence-corrected chi connectivity index (χ2v) is 13.2. The predicted octanol–water partition coefficient (Wildman–Crippen LogP) is 1.02. The number of phenolic OH excluding ortho intramolecular Hbond substituents is 1. The number of carbonyl (C=O) groups excluding carboxylic acids is 2. The molecule has 34 heavy (non-hydrogen) atoms. The molecule has 1 aromatic rings. The van der Waals surface area contributed by atoms with Gasteiger partial charge in [0.05, 0.1) is 22.6 Å². The summed E-state index contributed by atoms with van der Waals surface area (Å²) in [5.41, 5.74) is -0.205. The van der Waals surface area contributed by atoms with Gasteiger partial charge in [-0.05, 0) is 71.1 Å². The smallest absolute Gasteiger partial charge is 0.243 e. The van der Waals surface area contributed by atoms with Crippen LogP contribution in [0.15, 0.2) is 24.3 Å². The van der Waals surface area contributed by atoms with Crippen molar-refractivity contribution in [3.8, 4) is 5.75 Å². The number of hydrogen-bond acceptors (Lipinski definition) is 6. The first-order valence-electron chi connectivity index (χ1n) is 11.8. The zero-order valence-electron chi connectivity index (χ0n) is 20.4. The Morgan fingerprint density at radius 1 is 1.09 bits per heavy atom. The summed E-state index contributed by atoms with van der Waals surface area (Å²) in [5.74, 6) is -0.710. The molecule has 0 aromatic heterocycles. The van der Waals surface area contributed by atoms with Crippen molar-refractivity contribution in [3.05, 3.63) is 29.8 Å². The first-order valence-corrected chi connectivity index (χ1v) is 13.6. The van der Waals surface area contributed by atoms with E-state index in [9.17, 15) is 23.1 Å². The normalized spacial score (nSPS) is 23.7. The van der Waals surface area contributed by atoms with Gasteiger partial charge in [0.15, 0.2) is 0 Å². The van der Waals surface area contributed by atoms with Crippen LogP contribution in [0.3, 0.4) is 0 Å². The Labute approximate surface area is 201 Å². The quantitative estimate of drug-likeness (QED) is 0.503. The lowest BCUT2D eigenvalue weighted by molar-refractivity contribution is -0.249. The van der Waals surface area contributed by atoms with Gasteiger partial charge in [-0.25, -0.2) is 8.42 Å². The van der Waals surface area contributed by atoms with Crippen LogP contribution < -0.4 is 10.6 Å². The molecule has 5 N–H and O–H groups in total. The van der Waals surface area contributed by atoms with Crippen molar-refractivity contribution in [1.29, 1.82) is 0 Å². The molecule has 2 aliphatic rings. The molecule has 10 heteroatoms. The van der Waals surface area contributed by atoms with Gasteiger partial charge in [-0.15, -0.1) is 0 Å². The number of aromatic hydroxyl groups is 1. The molecule has 0 saturated carbocycles. The van der Waals surface area contributed by atoms with Gasteiger partial charge in [-0.3, -0.25) is 9.59 Å². The molecule has 1 aromatic carbocycles. The molecular weight excluding hydrogens is 458 g/mol. The van der Waals surface area contributed by atoms with E-state index in [1.165, 1.54) is 12.1 Å². The summed E-state index contributed by atoms with van der Waals surface area (Å²) < 4.78 is 23.5. The number of rotatable bonds is 6. The summed E-state index contributed by atoms with van der Waals surface area (Å²) >= 11 is 0. The van der Waals surface area contributed by atoms with Crippen LogP contribution >= 0.6 is 0 Å². The first kappa shape index (κ1) is 26.4. The molecular formula is C24H38N3O6S+. The minimum Gasteiger partial charge on any atom is -0.508 e. The van der Waals surface area contributed by atoms with Crippen LogP contribution in [0.4, 0.5) is 0 Å². The van der Waals surface area contributed by atoms with Gasteiger partial charge in [0, 0.05) is 18.4 Å². The number of piperidine rings is 1. The van der Waals surface area contributed by atoms with Crippen LogP contribution in [-0.4, -0.2) is 70.3 Å². The molecule has 1 atom stereocenters. The van der Waals surface area contributed by atoms with E-state index in [1.54, 1.807) is 17.2 Å². The lowest BCUT2D eigenvalue weighted by atomic mass is 9.75. The second kappa shape index (κ2) is 9.83. The van der Waals surface area contributed by atoms with Crippen LogP contribution in [-0.2, 0) is 25.8 Å². The molecule has 190 valence electrons. The zero-order chi connectivity index (χ0) is 25.3. The monoisotopic (exact) mass is 496 g/mol. The van der Waals surface area contributed by atoms with E-state index in [0.29, 0.717) is 25.7 Å². The Hall–Kier alpha value is -2.17. The molecule has 2 saturated heterocycles. The largest absolute Gasteiger partial charge is 0.508 e. The van der Waals surface area contributed by atoms with Crippen LogP contribution in [0, 0.1) is 5.92 Å². The Morgan fingerprint density at radius 2 is 1.62 bits per heavy atom. The van der Waals surface area contributed by atoms with Crippen molar-refractivity contribution in [1.82, 2.24) is 15.7 Å². The number of phenols is 1. The molecule has 9 nitrogen and oxygen atoms in total. The minimum atomic E-state index is -3.05. The molecule has 3 rings (SSSR count). The van der Waals surface area contributed by atoms with Gasteiger partial charge < -0.3 is 20.9 Å². The molecule has 0 bridgehead atoms. The standard InChI is InChI=1S/C24H37N3O6S/c1-23(2)14-17(15-24(3,4)27(23)31)21(29)26-20(13-16-5-7-19(28)8-6-16)22(30)25-18-9-11-34(32,33)12-10-18/h5-8,17-18,20,28,31H,9-15H2,1-4H3,(H,25,30)(H,26,29)/p+1. The van der Waals surface area contributed by atoms with Crippen molar-refractivity contribution in [2.75, 3.05) is 11.5 Å². The Balaban J connectivity index is 1.74. The van der Waals surface area contributed by atoms with Crippen molar-refractivity contribution in [2.24, 2.45) is 5.92 Å². The highest BCUT2D eigenvalue weighted by Crippen LogP contribution is 2.40. The first-order chi connectivity index (χ1) is 15.7. The maximum Gasteiger partial charge on any atom is 0.243 e. The van der Waals surface area contributed by atoms with Crippen molar-refractivity contribution < 1.29 is 28.3 Å². The molecule has 0 aliphatic carbocycles. The molecule has 2 aliphatic heterocycles. The van der Waals surface area contributed by atoms with Crippen LogP contribution in [0.25, 0.3) is 0 Å². The van der Waals surface area contributed by atoms with Gasteiger partial charge in [0.25, 0.3) is 0 Å². The number of benzene rings is 1. The van der Waals surface area contributed by atoms with Crippen molar-refractivity contribution in [2.45, 2.75) is 83.0 Å². The molecule has 0 spiro atoms. The summed E-state index contributed by atoms with van der Waals surface area (Å²) in [5, 5.41) is 25.4. The van der Waals surface area contributed by atoms with E-state index in [2.05, 4.69) is 10.6 Å². The summed E-state index contributed by atoms with van der Waals surface area (Å²) in [4.78, 5) is 26.5. The van der Waals surface area contributed by atoms with E-state index >= 15 is 0 Å². The molecule has 2 amide bonds. The Morgan fingerprint density at radius 3 is 2.15 bits per heavy atom. The Bertz CT molecular complexity index is 974. The van der Waals surface area contributed by atoms with E-state index < -0.39 is 27.0 Å². The Kier molecular flexibility index (Phi) is 7.64. The molecule has 0 radical (unpaired) electrons. The third-order valence-electron chi connectivity index (χ3n) is 6.98. The SMILES string of the molecule is CC1(C)CC(C(=O)NC(Cc2ccc(O)cc2)C(=O)NC2CCS(=O)(=O)CC2)CC(C)(C)N1[OH2+]. The molecule has 1 unspecified atom stereocenters. The zero-order valence-corrected chi connectivity index (χ0v) is 21.2. The maximum atomic E-state index is 13.3. The van der Waals surface area contributed by atoms with Crippen molar-refractivity contribution in [3.63, 3.8) is 0 Å². The van der Waals surface area contributed by atoms with Crippen LogP contribution in [0.2, 0.25) is 0 Å². The maximum absolute atomic E-state index is 13.3. The highest BCUT2D eigenvalue weighted by Gasteiger charge is 2.50. The average Bonchev–Trinajstić information content (AvgIpc) is 2.74. The molecule has 2 heterocycles. The average molecular weight is 497 g/mol. The fourth-order valence-electron chi connectivity index (χ4n) is 5.17. The summed E-state index contributed by atoms with van der Waals surface area (Å²) in [6.07, 6.45) is 1.96. The van der Waals surface area contributed by atoms with Crippen LogP contribution in [0.1, 0.15) is 58.9 Å². The van der Waals surface area contributed by atoms with Gasteiger partial charge in [0.2, 0.25) is 11.8 Å². The minimum absolute atomic E-state index is 0.0444. The van der Waals surface area contributed by atoms with E-state index in [-0.39, 0.29) is 47.5 Å². The summed E-state index contributed by atoms with van der Waals surface area (Å²) in [6.45, 7) is 7.77. The van der Waals surface area contributed by atoms with Crippen LogP contribution in [0.5, 0.6) is 5.75 Å². The molecule has 2 fully saturated rings. The number of hydroxylamine groups is 2. The number of carbonyl (C=O) groups is 2. The van der Waals surface area contributed by atoms with Gasteiger partial charge >= 0.3 is 0 Å². The lowest BCUT2D eigenvalue weighted by Crippen LogP contribution is -2.61. The summed E-state index contributed by atoms with van der Waals surface area (Å²) in [6, 6.07) is 5.40. The number of nitrogens with one attached hydrogen (secondary N) is 2. The van der Waals surface area contributed by atoms with Crippen molar-refractivity contribution >= 4 is 21.7 Å². The number of amides is 2. The van der Waals surface area contributed by atoms with E-state index in [4.69, 9.17) is 5.21 Å². The topological polar surface area (TPSA) is 139 Å². The lowest BCUT2D eigenvalue weighted by Gasteiger charge is -2.47. The highest BCUT2D eigenvalue weighted by molar-refractivity contribution is 7.91. The fraction of sp³-hybridized carbons (Fsp3) is 0.667. The van der Waals surface area contributed by atoms with E-state index in [1.807, 2.05) is 27.7 Å². The van der Waals surface area contributed by atoms with Gasteiger partial charge in [-0.2, -0.15) is 0 Å².